The number of rotatable bonds is 11. The highest BCUT2D eigenvalue weighted by Gasteiger charge is 2.25. The van der Waals surface area contributed by atoms with Crippen molar-refractivity contribution in [2.45, 2.75) is 51.4 Å². The van der Waals surface area contributed by atoms with Gasteiger partial charge < -0.3 is 25.7 Å². The summed E-state index contributed by atoms with van der Waals surface area (Å²) in [6.07, 6.45) is 11.0. The second-order valence-corrected chi connectivity index (χ2v) is 14.1. The largest absolute Gasteiger partial charge is 0.493 e. The fourth-order valence-electron chi connectivity index (χ4n) is 5.23. The van der Waals surface area contributed by atoms with Crippen LogP contribution in [0.3, 0.4) is 0 Å². The Balaban J connectivity index is 1.50. The summed E-state index contributed by atoms with van der Waals surface area (Å²) < 4.78 is 32.7. The highest BCUT2D eigenvalue weighted by Crippen LogP contribution is 2.43. The minimum atomic E-state index is -2.92. The smallest absolute Gasteiger partial charge is 0.229 e. The lowest BCUT2D eigenvalue weighted by atomic mass is 9.93. The van der Waals surface area contributed by atoms with E-state index >= 15 is 0 Å². The molecule has 0 saturated heterocycles. The molecule has 10 heteroatoms. The fourth-order valence-corrected chi connectivity index (χ4v) is 6.77. The molecule has 1 atom stereocenters. The van der Waals surface area contributed by atoms with E-state index in [2.05, 4.69) is 38.8 Å². The van der Waals surface area contributed by atoms with Gasteiger partial charge in [0, 0.05) is 5.69 Å². The lowest BCUT2D eigenvalue weighted by Crippen LogP contribution is -2.15. The number of halogens is 2. The van der Waals surface area contributed by atoms with E-state index in [1.54, 1.807) is 13.3 Å². The molecule has 0 radical (unpaired) electrons. The van der Waals surface area contributed by atoms with Gasteiger partial charge >= 0.3 is 0 Å². The molecule has 1 heterocycles. The molecule has 0 spiro atoms. The number of aromatic nitrogens is 2. The van der Waals surface area contributed by atoms with Crippen LogP contribution in [0.2, 0.25) is 5.02 Å². The highest BCUT2D eigenvalue weighted by atomic mass is 35.5. The van der Waals surface area contributed by atoms with Gasteiger partial charge in [0.05, 0.1) is 24.3 Å². The third-order valence-electron chi connectivity index (χ3n) is 7.25. The van der Waals surface area contributed by atoms with E-state index in [9.17, 15) is 8.96 Å². The van der Waals surface area contributed by atoms with Crippen molar-refractivity contribution in [2.24, 2.45) is 11.7 Å². The summed E-state index contributed by atoms with van der Waals surface area (Å²) >= 11 is 6.41. The number of benzene rings is 2. The third kappa shape index (κ3) is 7.50. The number of ether oxygens (including phenoxy) is 1. The Morgan fingerprint density at radius 3 is 2.59 bits per heavy atom. The number of nitrogens with zero attached hydrogens (tertiary/aromatic N) is 2. The van der Waals surface area contributed by atoms with E-state index in [1.807, 2.05) is 0 Å². The molecule has 0 saturated carbocycles. The third-order valence-corrected chi connectivity index (χ3v) is 9.04. The topological polar surface area (TPSA) is 102 Å². The van der Waals surface area contributed by atoms with Crippen LogP contribution in [0, 0.1) is 11.7 Å². The quantitative estimate of drug-likeness (QED) is 0.129. The van der Waals surface area contributed by atoms with Gasteiger partial charge in [0.2, 0.25) is 5.95 Å². The fraction of sp³-hybridized carbons (Fsp3) is 0.448. The average molecular weight is 574 g/mol. The number of hydrogen-bond donors (Lipinski definition) is 3. The minimum absolute atomic E-state index is 0.0559. The predicted octanol–water partition coefficient (Wildman–Crippen LogP) is 7.03. The summed E-state index contributed by atoms with van der Waals surface area (Å²) in [5, 5.41) is 6.94. The molecule has 0 fully saturated rings. The standard InChI is InChI=1S/C29H38ClFN5O2P/c1-38-26-24(31)14-15-25(27(26)39(2,3)37)35-28-23(30)18-33-29(36-28)34-22-13-12-20-10-8-19(7-5-4-6-16-32)9-11-21(20)17-22/h12-15,17-19H,4-11,16,32H2,1-3H3,(H2,33,34,35,36)/t19-/m0/s1. The first-order valence-corrected chi connectivity index (χ1v) is 16.5. The molecule has 2 aromatic carbocycles. The Morgan fingerprint density at radius 1 is 1.10 bits per heavy atom. The van der Waals surface area contributed by atoms with Crippen LogP contribution in [0.25, 0.3) is 0 Å². The second kappa shape index (κ2) is 13.1. The van der Waals surface area contributed by atoms with Gasteiger partial charge in [-0.1, -0.05) is 36.9 Å². The van der Waals surface area contributed by atoms with Crippen LogP contribution in [0.15, 0.2) is 36.5 Å². The van der Waals surface area contributed by atoms with Crippen LogP contribution < -0.4 is 26.4 Å². The molecule has 0 amide bonds. The molecule has 0 unspecified atom stereocenters. The first kappa shape index (κ1) is 29.3. The van der Waals surface area contributed by atoms with Crippen molar-refractivity contribution in [1.29, 1.82) is 0 Å². The van der Waals surface area contributed by atoms with E-state index in [0.29, 0.717) is 17.5 Å². The number of methoxy groups -OCH3 is 1. The number of aryl methyl sites for hydroxylation is 2. The Kier molecular flexibility index (Phi) is 9.86. The number of nitrogens with one attached hydrogen (secondary N) is 2. The van der Waals surface area contributed by atoms with Crippen molar-refractivity contribution in [3.63, 3.8) is 0 Å². The zero-order chi connectivity index (χ0) is 28.0. The number of fused-ring (bicyclic) bond motifs is 1. The number of hydrogen-bond acceptors (Lipinski definition) is 7. The van der Waals surface area contributed by atoms with Crippen LogP contribution >= 0.6 is 18.7 Å². The van der Waals surface area contributed by atoms with Crippen molar-refractivity contribution in [1.82, 2.24) is 9.97 Å². The Morgan fingerprint density at radius 2 is 1.87 bits per heavy atom. The SMILES string of the molecule is COc1c(F)ccc(Nc2nc(Nc3ccc4c(c3)CC[C@@H](CCCCCN)CC4)ncc2Cl)c1P(C)(C)=O. The van der Waals surface area contributed by atoms with Crippen LogP contribution in [-0.4, -0.2) is 37.0 Å². The van der Waals surface area contributed by atoms with Crippen molar-refractivity contribution in [2.75, 3.05) is 37.6 Å². The van der Waals surface area contributed by atoms with Gasteiger partial charge in [0.25, 0.3) is 0 Å². The van der Waals surface area contributed by atoms with Crippen LogP contribution in [0.1, 0.15) is 49.7 Å². The van der Waals surface area contributed by atoms with E-state index in [-0.39, 0.29) is 16.1 Å². The summed E-state index contributed by atoms with van der Waals surface area (Å²) in [6, 6.07) is 9.20. The number of unbranched alkanes of at least 4 members (excludes halogenated alkanes) is 2. The first-order valence-electron chi connectivity index (χ1n) is 13.5. The van der Waals surface area contributed by atoms with Crippen molar-refractivity contribution < 1.29 is 13.7 Å². The zero-order valence-electron chi connectivity index (χ0n) is 22.9. The maximum absolute atomic E-state index is 14.4. The molecule has 0 bridgehead atoms. The second-order valence-electron chi connectivity index (χ2n) is 10.5. The molecule has 7 nitrogen and oxygen atoms in total. The lowest BCUT2D eigenvalue weighted by molar-refractivity contribution is 0.390. The molecule has 0 aliphatic heterocycles. The molecule has 4 N–H and O–H groups in total. The van der Waals surface area contributed by atoms with Crippen LogP contribution in [-0.2, 0) is 17.4 Å². The summed E-state index contributed by atoms with van der Waals surface area (Å²) in [5.41, 5.74) is 9.72. The summed E-state index contributed by atoms with van der Waals surface area (Å²) in [6.45, 7) is 3.90. The average Bonchev–Trinajstić information content (AvgIpc) is 3.10. The van der Waals surface area contributed by atoms with Gasteiger partial charge in [0.15, 0.2) is 17.4 Å². The molecule has 1 aliphatic carbocycles. The molecule has 210 valence electrons. The van der Waals surface area contributed by atoms with Crippen molar-refractivity contribution in [3.05, 3.63) is 58.5 Å². The summed E-state index contributed by atoms with van der Waals surface area (Å²) in [4.78, 5) is 8.90. The van der Waals surface area contributed by atoms with E-state index in [1.165, 1.54) is 68.7 Å². The van der Waals surface area contributed by atoms with E-state index in [4.69, 9.17) is 22.1 Å². The Labute approximate surface area is 235 Å². The first-order chi connectivity index (χ1) is 18.7. The van der Waals surface area contributed by atoms with Crippen LogP contribution in [0.4, 0.5) is 27.5 Å². The molecular weight excluding hydrogens is 536 g/mol. The normalized spacial score (nSPS) is 15.4. The summed E-state index contributed by atoms with van der Waals surface area (Å²) in [5.74, 6) is 0.792. The predicted molar refractivity (Wildman–Crippen MR) is 160 cm³/mol. The molecule has 4 rings (SSSR count). The number of nitrogens with two attached hydrogens (primary N) is 1. The molecule has 3 aromatic rings. The maximum Gasteiger partial charge on any atom is 0.229 e. The van der Waals surface area contributed by atoms with Gasteiger partial charge in [0.1, 0.15) is 12.2 Å². The molecule has 1 aromatic heterocycles. The zero-order valence-corrected chi connectivity index (χ0v) is 24.5. The van der Waals surface area contributed by atoms with Crippen LogP contribution in [0.5, 0.6) is 5.75 Å². The Hall–Kier alpha value is -2.67. The van der Waals surface area contributed by atoms with Crippen molar-refractivity contribution in [3.8, 4) is 5.75 Å². The van der Waals surface area contributed by atoms with E-state index < -0.39 is 13.0 Å². The van der Waals surface area contributed by atoms with Crippen molar-refractivity contribution >= 4 is 47.2 Å². The highest BCUT2D eigenvalue weighted by molar-refractivity contribution is 7.70. The Bertz CT molecular complexity index is 1350. The molecular formula is C29H38ClFN5O2P. The van der Waals surface area contributed by atoms with Gasteiger partial charge in [-0.05, 0) is 93.3 Å². The monoisotopic (exact) mass is 573 g/mol. The van der Waals surface area contributed by atoms with Gasteiger partial charge in [-0.3, -0.25) is 0 Å². The van der Waals surface area contributed by atoms with E-state index in [0.717, 1.165) is 37.4 Å². The van der Waals surface area contributed by atoms with Gasteiger partial charge in [-0.15, -0.1) is 0 Å². The molecule has 39 heavy (non-hydrogen) atoms. The number of anilines is 4. The van der Waals surface area contributed by atoms with Gasteiger partial charge in [-0.2, -0.15) is 4.98 Å². The van der Waals surface area contributed by atoms with Gasteiger partial charge in [-0.25, -0.2) is 9.37 Å². The maximum atomic E-state index is 14.4. The minimum Gasteiger partial charge on any atom is -0.493 e. The lowest BCUT2D eigenvalue weighted by Gasteiger charge is -2.19. The summed E-state index contributed by atoms with van der Waals surface area (Å²) in [7, 11) is -1.57. The molecule has 1 aliphatic rings.